The maximum absolute atomic E-state index is 5.84. The van der Waals surface area contributed by atoms with Crippen LogP contribution in [-0.2, 0) is 9.47 Å². The number of likely N-dealkylation sites (tertiary alicyclic amines) is 1. The molecule has 3 heterocycles. The van der Waals surface area contributed by atoms with Crippen LogP contribution in [0.1, 0.15) is 56.0 Å². The van der Waals surface area contributed by atoms with Gasteiger partial charge < -0.3 is 9.47 Å². The lowest BCUT2D eigenvalue weighted by Gasteiger charge is -2.26. The van der Waals surface area contributed by atoms with Crippen LogP contribution in [-0.4, -0.2) is 42.5 Å². The molecule has 0 radical (unpaired) electrons. The molecule has 0 saturated carbocycles. The topological polar surface area (TPSA) is 34.6 Å². The van der Waals surface area contributed by atoms with Gasteiger partial charge in [0.05, 0.1) is 18.3 Å². The number of rotatable bonds is 6. The van der Waals surface area contributed by atoms with Gasteiger partial charge in [0.15, 0.2) is 6.29 Å². The summed E-state index contributed by atoms with van der Waals surface area (Å²) in [5.74, 6) is 0. The molecule has 2 atom stereocenters. The molecular weight excluding hydrogens is 276 g/mol. The first-order chi connectivity index (χ1) is 10.8. The first-order valence-electron chi connectivity index (χ1n) is 8.74. The zero-order valence-corrected chi connectivity index (χ0v) is 13.7. The van der Waals surface area contributed by atoms with E-state index >= 15 is 0 Å². The fraction of sp³-hybridized carbons (Fsp3) is 0.722. The molecule has 2 aliphatic heterocycles. The van der Waals surface area contributed by atoms with Crippen LogP contribution in [0.15, 0.2) is 18.2 Å². The maximum Gasteiger partial charge on any atom is 0.157 e. The summed E-state index contributed by atoms with van der Waals surface area (Å²) >= 11 is 0. The highest BCUT2D eigenvalue weighted by Gasteiger charge is 2.26. The summed E-state index contributed by atoms with van der Waals surface area (Å²) in [7, 11) is 0. The second-order valence-corrected chi connectivity index (χ2v) is 6.42. The second kappa shape index (κ2) is 8.04. The van der Waals surface area contributed by atoms with Crippen LogP contribution in [0.4, 0.5) is 0 Å². The molecule has 1 aromatic rings. The Balaban J connectivity index is 1.43. The quantitative estimate of drug-likeness (QED) is 0.754. The van der Waals surface area contributed by atoms with E-state index in [9.17, 15) is 0 Å². The number of hydrogen-bond donors (Lipinski definition) is 0. The SMILES string of the molecule is Cc1cccc([C@@H]2CCCN2CCCO[C@H]2CCCCO2)n1. The van der Waals surface area contributed by atoms with Crippen molar-refractivity contribution in [1.29, 1.82) is 0 Å². The Morgan fingerprint density at radius 1 is 1.27 bits per heavy atom. The third kappa shape index (κ3) is 4.28. The van der Waals surface area contributed by atoms with E-state index in [0.29, 0.717) is 6.04 Å². The van der Waals surface area contributed by atoms with E-state index in [2.05, 4.69) is 30.0 Å². The monoisotopic (exact) mass is 304 g/mol. The van der Waals surface area contributed by atoms with E-state index < -0.39 is 0 Å². The zero-order valence-electron chi connectivity index (χ0n) is 13.7. The summed E-state index contributed by atoms with van der Waals surface area (Å²) in [6.07, 6.45) is 7.08. The lowest BCUT2D eigenvalue weighted by Crippen LogP contribution is -2.27. The fourth-order valence-corrected chi connectivity index (χ4v) is 3.50. The van der Waals surface area contributed by atoms with Crippen LogP contribution in [0.2, 0.25) is 0 Å². The Morgan fingerprint density at radius 3 is 3.05 bits per heavy atom. The molecule has 0 bridgehead atoms. The van der Waals surface area contributed by atoms with Crippen molar-refractivity contribution >= 4 is 0 Å². The van der Waals surface area contributed by atoms with Crippen molar-refractivity contribution in [3.8, 4) is 0 Å². The molecule has 2 fully saturated rings. The Hall–Kier alpha value is -0.970. The molecule has 122 valence electrons. The summed E-state index contributed by atoms with van der Waals surface area (Å²) in [6.45, 7) is 6.00. The van der Waals surface area contributed by atoms with Crippen LogP contribution in [0.25, 0.3) is 0 Å². The Labute approximate surface area is 133 Å². The summed E-state index contributed by atoms with van der Waals surface area (Å²) in [6, 6.07) is 6.85. The first-order valence-corrected chi connectivity index (χ1v) is 8.74. The predicted molar refractivity (Wildman–Crippen MR) is 86.7 cm³/mol. The van der Waals surface area contributed by atoms with Crippen LogP contribution in [0.3, 0.4) is 0 Å². The number of aryl methyl sites for hydroxylation is 1. The molecule has 4 heteroatoms. The molecule has 0 amide bonds. The smallest absolute Gasteiger partial charge is 0.157 e. The molecule has 0 unspecified atom stereocenters. The third-order valence-electron chi connectivity index (χ3n) is 4.65. The van der Waals surface area contributed by atoms with Crippen molar-refractivity contribution in [2.24, 2.45) is 0 Å². The highest BCUT2D eigenvalue weighted by atomic mass is 16.7. The fourth-order valence-electron chi connectivity index (χ4n) is 3.50. The zero-order chi connectivity index (χ0) is 15.2. The van der Waals surface area contributed by atoms with Crippen molar-refractivity contribution in [3.05, 3.63) is 29.6 Å². The van der Waals surface area contributed by atoms with Gasteiger partial charge in [-0.2, -0.15) is 0 Å². The van der Waals surface area contributed by atoms with E-state index in [1.807, 2.05) is 0 Å². The summed E-state index contributed by atoms with van der Waals surface area (Å²) in [5.41, 5.74) is 2.34. The Morgan fingerprint density at radius 2 is 2.23 bits per heavy atom. The van der Waals surface area contributed by atoms with E-state index in [1.165, 1.54) is 37.9 Å². The van der Waals surface area contributed by atoms with E-state index in [0.717, 1.165) is 38.3 Å². The predicted octanol–water partition coefficient (Wildman–Crippen LogP) is 3.46. The van der Waals surface area contributed by atoms with E-state index in [-0.39, 0.29) is 6.29 Å². The van der Waals surface area contributed by atoms with Gasteiger partial charge >= 0.3 is 0 Å². The van der Waals surface area contributed by atoms with Crippen molar-refractivity contribution in [1.82, 2.24) is 9.88 Å². The second-order valence-electron chi connectivity index (χ2n) is 6.42. The number of aromatic nitrogens is 1. The van der Waals surface area contributed by atoms with Gasteiger partial charge in [-0.05, 0) is 64.1 Å². The first kappa shape index (κ1) is 15.9. The van der Waals surface area contributed by atoms with Crippen LogP contribution in [0.5, 0.6) is 0 Å². The largest absolute Gasteiger partial charge is 0.353 e. The summed E-state index contributed by atoms with van der Waals surface area (Å²) in [4.78, 5) is 7.28. The van der Waals surface area contributed by atoms with Gasteiger partial charge in [-0.25, -0.2) is 0 Å². The lowest BCUT2D eigenvalue weighted by molar-refractivity contribution is -0.163. The molecule has 0 aromatic carbocycles. The molecule has 0 N–H and O–H groups in total. The van der Waals surface area contributed by atoms with Crippen LogP contribution >= 0.6 is 0 Å². The van der Waals surface area contributed by atoms with Gasteiger partial charge in [-0.1, -0.05) is 6.07 Å². The molecule has 2 aliphatic rings. The molecule has 3 rings (SSSR count). The Bertz CT molecular complexity index is 460. The standard InChI is InChI=1S/C18H28N2O2/c1-15-7-4-8-16(19-15)17-9-5-11-20(17)12-6-14-22-18-10-2-3-13-21-18/h4,7-8,17-18H,2-3,5-6,9-14H2,1H3/t17-,18-/m0/s1. The average Bonchev–Trinajstić information content (AvgIpc) is 3.01. The van der Waals surface area contributed by atoms with Gasteiger partial charge in [-0.15, -0.1) is 0 Å². The normalized spacial score (nSPS) is 26.4. The van der Waals surface area contributed by atoms with Gasteiger partial charge in [0.1, 0.15) is 0 Å². The van der Waals surface area contributed by atoms with Crippen molar-refractivity contribution < 1.29 is 9.47 Å². The highest BCUT2D eigenvalue weighted by molar-refractivity contribution is 5.14. The molecule has 0 spiro atoms. The van der Waals surface area contributed by atoms with Crippen LogP contribution < -0.4 is 0 Å². The van der Waals surface area contributed by atoms with Gasteiger partial charge in [-0.3, -0.25) is 9.88 Å². The molecule has 1 aromatic heterocycles. The minimum atomic E-state index is 0.0431. The third-order valence-corrected chi connectivity index (χ3v) is 4.65. The number of nitrogens with zero attached hydrogens (tertiary/aromatic N) is 2. The minimum Gasteiger partial charge on any atom is -0.353 e. The number of ether oxygens (including phenoxy) is 2. The number of hydrogen-bond acceptors (Lipinski definition) is 4. The van der Waals surface area contributed by atoms with Crippen molar-refractivity contribution in [2.45, 2.75) is 57.8 Å². The summed E-state index contributed by atoms with van der Waals surface area (Å²) < 4.78 is 11.4. The number of pyridine rings is 1. The van der Waals surface area contributed by atoms with Crippen molar-refractivity contribution in [2.75, 3.05) is 26.3 Å². The molecule has 22 heavy (non-hydrogen) atoms. The minimum absolute atomic E-state index is 0.0431. The van der Waals surface area contributed by atoms with E-state index in [1.54, 1.807) is 0 Å². The molecular formula is C18H28N2O2. The Kier molecular flexibility index (Phi) is 5.82. The van der Waals surface area contributed by atoms with Crippen molar-refractivity contribution in [3.63, 3.8) is 0 Å². The molecule has 0 aliphatic carbocycles. The summed E-state index contributed by atoms with van der Waals surface area (Å²) in [5, 5.41) is 0. The lowest BCUT2D eigenvalue weighted by atomic mass is 10.1. The molecule has 4 nitrogen and oxygen atoms in total. The highest BCUT2D eigenvalue weighted by Crippen LogP contribution is 2.30. The average molecular weight is 304 g/mol. The molecule has 2 saturated heterocycles. The van der Waals surface area contributed by atoms with Crippen LogP contribution in [0, 0.1) is 6.92 Å². The van der Waals surface area contributed by atoms with Gasteiger partial charge in [0.2, 0.25) is 0 Å². The van der Waals surface area contributed by atoms with Gasteiger partial charge in [0, 0.05) is 18.8 Å². The maximum atomic E-state index is 5.84. The van der Waals surface area contributed by atoms with E-state index in [4.69, 9.17) is 14.5 Å². The van der Waals surface area contributed by atoms with Gasteiger partial charge in [0.25, 0.3) is 0 Å².